The van der Waals surface area contributed by atoms with E-state index >= 15 is 0 Å². The molecule has 0 bridgehead atoms. The first kappa shape index (κ1) is 18.9. The van der Waals surface area contributed by atoms with Gasteiger partial charge in [-0.25, -0.2) is 13.6 Å². The highest BCUT2D eigenvalue weighted by Crippen LogP contribution is 2.38. The lowest BCUT2D eigenvalue weighted by molar-refractivity contribution is -0.274. The molecule has 0 saturated carbocycles. The molecule has 0 spiro atoms. The predicted octanol–water partition coefficient (Wildman–Crippen LogP) is 3.86. The molecule has 27 heavy (non-hydrogen) atoms. The van der Waals surface area contributed by atoms with E-state index in [1.165, 1.54) is 24.3 Å². The zero-order valence-electron chi connectivity index (χ0n) is 13.8. The van der Waals surface area contributed by atoms with E-state index in [0.29, 0.717) is 16.9 Å². The summed E-state index contributed by atoms with van der Waals surface area (Å²) >= 11 is 0. The van der Waals surface area contributed by atoms with Gasteiger partial charge in [-0.2, -0.15) is 0 Å². The number of aromatic nitrogens is 1. The van der Waals surface area contributed by atoms with Crippen LogP contribution in [0.3, 0.4) is 0 Å². The van der Waals surface area contributed by atoms with Crippen molar-refractivity contribution in [3.8, 4) is 28.1 Å². The lowest BCUT2D eigenvalue weighted by Crippen LogP contribution is -2.16. The second kappa shape index (κ2) is 6.71. The minimum Gasteiger partial charge on any atom is -0.406 e. The molecule has 0 aliphatic heterocycles. The highest BCUT2D eigenvalue weighted by atomic mass is 32.2. The Morgan fingerprint density at radius 2 is 1.70 bits per heavy atom. The van der Waals surface area contributed by atoms with Gasteiger partial charge < -0.3 is 9.26 Å². The van der Waals surface area contributed by atoms with Crippen molar-refractivity contribution in [3.05, 3.63) is 54.3 Å². The van der Waals surface area contributed by atoms with E-state index < -0.39 is 22.1 Å². The number of ether oxygens (including phenoxy) is 1. The first-order valence-corrected chi connectivity index (χ1v) is 9.05. The number of benzene rings is 2. The molecule has 2 aromatic carbocycles. The Morgan fingerprint density at radius 3 is 2.30 bits per heavy atom. The Hall–Kier alpha value is -2.85. The third kappa shape index (κ3) is 4.12. The Bertz CT molecular complexity index is 1070. The van der Waals surface area contributed by atoms with Crippen LogP contribution in [-0.4, -0.2) is 19.9 Å². The molecular weight excluding hydrogens is 385 g/mol. The van der Waals surface area contributed by atoms with E-state index in [0.717, 1.165) is 12.1 Å². The fourth-order valence-electron chi connectivity index (χ4n) is 2.62. The smallest absolute Gasteiger partial charge is 0.406 e. The van der Waals surface area contributed by atoms with Crippen molar-refractivity contribution in [3.63, 3.8) is 0 Å². The molecule has 1 heterocycles. The monoisotopic (exact) mass is 398 g/mol. The largest absolute Gasteiger partial charge is 0.573 e. The molecule has 3 rings (SSSR count). The van der Waals surface area contributed by atoms with Crippen molar-refractivity contribution in [2.24, 2.45) is 5.14 Å². The van der Waals surface area contributed by atoms with E-state index in [2.05, 4.69) is 9.89 Å². The van der Waals surface area contributed by atoms with Crippen LogP contribution in [0.5, 0.6) is 5.75 Å². The standard InChI is InChI=1S/C17H13F3N2O4S/c1-10-15(13-4-2-3-5-14(13)27(21,23)24)16(22-26-10)11-6-8-12(9-7-11)25-17(18,19)20/h2-9H,1H3,(H2,21,23,24). The minimum atomic E-state index is -4.80. The van der Waals surface area contributed by atoms with Crippen LogP contribution < -0.4 is 9.88 Å². The minimum absolute atomic E-state index is 0.116. The van der Waals surface area contributed by atoms with Crippen molar-refractivity contribution in [2.45, 2.75) is 18.2 Å². The number of aryl methyl sites for hydroxylation is 1. The van der Waals surface area contributed by atoms with Gasteiger partial charge in [0.05, 0.1) is 10.5 Å². The molecule has 142 valence electrons. The summed E-state index contributed by atoms with van der Waals surface area (Å²) in [7, 11) is -4.02. The molecule has 0 unspecified atom stereocenters. The number of primary sulfonamides is 1. The van der Waals surface area contributed by atoms with Gasteiger partial charge in [-0.05, 0) is 37.3 Å². The van der Waals surface area contributed by atoms with Gasteiger partial charge in [-0.3, -0.25) is 0 Å². The van der Waals surface area contributed by atoms with Gasteiger partial charge in [0.15, 0.2) is 0 Å². The van der Waals surface area contributed by atoms with Gasteiger partial charge >= 0.3 is 6.36 Å². The lowest BCUT2D eigenvalue weighted by Gasteiger charge is -2.10. The average molecular weight is 398 g/mol. The number of hydrogen-bond acceptors (Lipinski definition) is 5. The van der Waals surface area contributed by atoms with Crippen LogP contribution in [0.4, 0.5) is 13.2 Å². The van der Waals surface area contributed by atoms with Gasteiger partial charge in [0.2, 0.25) is 10.0 Å². The zero-order valence-corrected chi connectivity index (χ0v) is 14.6. The van der Waals surface area contributed by atoms with Crippen molar-refractivity contribution >= 4 is 10.0 Å². The second-order valence-electron chi connectivity index (χ2n) is 5.58. The summed E-state index contributed by atoms with van der Waals surface area (Å²) in [4.78, 5) is -0.116. The first-order chi connectivity index (χ1) is 12.6. The van der Waals surface area contributed by atoms with Crippen LogP contribution in [0.1, 0.15) is 5.76 Å². The van der Waals surface area contributed by atoms with E-state index in [1.807, 2.05) is 0 Å². The van der Waals surface area contributed by atoms with Gasteiger partial charge in [0.1, 0.15) is 17.2 Å². The average Bonchev–Trinajstić information content (AvgIpc) is 2.95. The van der Waals surface area contributed by atoms with Gasteiger partial charge in [0, 0.05) is 11.1 Å². The Morgan fingerprint density at radius 1 is 1.07 bits per heavy atom. The van der Waals surface area contributed by atoms with E-state index in [4.69, 9.17) is 9.66 Å². The summed E-state index contributed by atoms with van der Waals surface area (Å²) in [6, 6.07) is 11.0. The molecule has 0 radical (unpaired) electrons. The van der Waals surface area contributed by atoms with Crippen molar-refractivity contribution < 1.29 is 30.8 Å². The number of hydrogen-bond donors (Lipinski definition) is 1. The Labute approximate surface area is 152 Å². The zero-order chi connectivity index (χ0) is 19.8. The van der Waals surface area contributed by atoms with E-state index in [9.17, 15) is 21.6 Å². The van der Waals surface area contributed by atoms with Gasteiger partial charge in [0.25, 0.3) is 0 Å². The molecule has 1 aromatic heterocycles. The Kier molecular flexibility index (Phi) is 4.70. The molecule has 0 aliphatic carbocycles. The number of alkyl halides is 3. The predicted molar refractivity (Wildman–Crippen MR) is 90.2 cm³/mol. The molecule has 0 amide bonds. The normalized spacial score (nSPS) is 12.2. The summed E-state index contributed by atoms with van der Waals surface area (Å²) in [6.07, 6.45) is -4.80. The fraction of sp³-hybridized carbons (Fsp3) is 0.118. The maximum atomic E-state index is 12.3. The molecule has 0 fully saturated rings. The fourth-order valence-corrected chi connectivity index (χ4v) is 3.37. The Balaban J connectivity index is 2.10. The maximum absolute atomic E-state index is 12.3. The number of nitrogens with zero attached hydrogens (tertiary/aromatic N) is 1. The highest BCUT2D eigenvalue weighted by Gasteiger charge is 2.31. The number of rotatable bonds is 4. The lowest BCUT2D eigenvalue weighted by atomic mass is 9.99. The highest BCUT2D eigenvalue weighted by molar-refractivity contribution is 7.89. The van der Waals surface area contributed by atoms with Crippen LogP contribution in [-0.2, 0) is 10.0 Å². The molecule has 2 N–H and O–H groups in total. The molecule has 10 heteroatoms. The van der Waals surface area contributed by atoms with Crippen LogP contribution >= 0.6 is 0 Å². The molecule has 0 saturated heterocycles. The summed E-state index contributed by atoms with van der Waals surface area (Å²) < 4.78 is 69.7. The van der Waals surface area contributed by atoms with Crippen molar-refractivity contribution in [2.75, 3.05) is 0 Å². The number of nitrogens with two attached hydrogens (primary N) is 1. The second-order valence-corrected chi connectivity index (χ2v) is 7.11. The third-order valence-corrected chi connectivity index (χ3v) is 4.66. The molecule has 0 aliphatic rings. The third-order valence-electron chi connectivity index (χ3n) is 3.69. The SMILES string of the molecule is Cc1onc(-c2ccc(OC(F)(F)F)cc2)c1-c1ccccc1S(N)(=O)=O. The molecule has 0 atom stereocenters. The van der Waals surface area contributed by atoms with Gasteiger partial charge in [-0.1, -0.05) is 23.4 Å². The molecular formula is C17H13F3N2O4S. The van der Waals surface area contributed by atoms with Crippen molar-refractivity contribution in [1.29, 1.82) is 0 Å². The summed E-state index contributed by atoms with van der Waals surface area (Å²) in [6.45, 7) is 1.59. The first-order valence-electron chi connectivity index (χ1n) is 7.51. The number of sulfonamides is 1. The molecule has 3 aromatic rings. The summed E-state index contributed by atoms with van der Waals surface area (Å²) in [5.74, 6) is -0.0605. The van der Waals surface area contributed by atoms with Crippen LogP contribution in [0.2, 0.25) is 0 Å². The van der Waals surface area contributed by atoms with Crippen LogP contribution in [0.25, 0.3) is 22.4 Å². The number of halogens is 3. The van der Waals surface area contributed by atoms with Crippen molar-refractivity contribution in [1.82, 2.24) is 5.16 Å². The maximum Gasteiger partial charge on any atom is 0.573 e. The molecule has 6 nitrogen and oxygen atoms in total. The van der Waals surface area contributed by atoms with Crippen LogP contribution in [0.15, 0.2) is 57.9 Å². The quantitative estimate of drug-likeness (QED) is 0.720. The van der Waals surface area contributed by atoms with Gasteiger partial charge in [-0.15, -0.1) is 13.2 Å². The van der Waals surface area contributed by atoms with E-state index in [-0.39, 0.29) is 16.2 Å². The summed E-state index contributed by atoms with van der Waals surface area (Å²) in [5, 5.41) is 9.20. The van der Waals surface area contributed by atoms with E-state index in [1.54, 1.807) is 19.1 Å². The van der Waals surface area contributed by atoms with Crippen LogP contribution in [0, 0.1) is 6.92 Å². The topological polar surface area (TPSA) is 95.4 Å². The summed E-state index contributed by atoms with van der Waals surface area (Å²) in [5.41, 5.74) is 1.34.